The standard InChI is InChI=1S/C81H148NO8P/c1-3-5-7-9-11-13-15-17-19-21-23-25-27-29-31-33-35-37-38-39-40-42-43-45-47-49-51-53-55-57-59-61-63-65-67-69-71-73-80(83)87-77-79(78-89-91(85,86)88-76-75-82)90-81(84)74-72-70-68-66-64-62-60-58-56-54-52-50-48-46-44-41-36-34-32-30-28-26-24-22-20-18-16-14-12-10-8-6-4-2/h6,8,12,14,18,20-21,23-24,26,30,32,36,41,79H,3-5,7,9-11,13,15-17,19,22,25,27-29,31,33-35,37-40,42-78,82H2,1-2H3,(H,85,86)/b8-6-,14-12-,20-18-,23-21-,26-24-,32-30-,41-36-. The van der Waals surface area contributed by atoms with Crippen molar-refractivity contribution in [1.82, 2.24) is 0 Å². The van der Waals surface area contributed by atoms with Crippen molar-refractivity contribution in [2.45, 2.75) is 392 Å². The Morgan fingerprint density at radius 2 is 0.604 bits per heavy atom. The average molecular weight is 1300 g/mol. The van der Waals surface area contributed by atoms with Crippen LogP contribution in [0.25, 0.3) is 0 Å². The lowest BCUT2D eigenvalue weighted by molar-refractivity contribution is -0.161. The first-order valence-electron chi connectivity index (χ1n) is 39.1. The summed E-state index contributed by atoms with van der Waals surface area (Å²) >= 11 is 0. The Morgan fingerprint density at radius 1 is 0.341 bits per heavy atom. The van der Waals surface area contributed by atoms with Gasteiger partial charge in [0.05, 0.1) is 13.2 Å². The van der Waals surface area contributed by atoms with Gasteiger partial charge in [-0.25, -0.2) is 4.57 Å². The van der Waals surface area contributed by atoms with Crippen LogP contribution < -0.4 is 5.73 Å². The van der Waals surface area contributed by atoms with Crippen molar-refractivity contribution in [3.05, 3.63) is 85.1 Å². The highest BCUT2D eigenvalue weighted by Crippen LogP contribution is 2.43. The lowest BCUT2D eigenvalue weighted by Gasteiger charge is -2.19. The molecule has 10 heteroatoms. The molecule has 0 aliphatic carbocycles. The number of rotatable bonds is 74. The quantitative estimate of drug-likeness (QED) is 0.0264. The molecule has 0 aliphatic heterocycles. The first-order chi connectivity index (χ1) is 44.8. The predicted octanol–water partition coefficient (Wildman–Crippen LogP) is 26.1. The van der Waals surface area contributed by atoms with Gasteiger partial charge < -0.3 is 20.1 Å². The van der Waals surface area contributed by atoms with Gasteiger partial charge in [-0.05, 0) is 89.9 Å². The van der Waals surface area contributed by atoms with Crippen molar-refractivity contribution in [2.24, 2.45) is 5.73 Å². The number of phosphoric acid groups is 1. The number of esters is 2. The smallest absolute Gasteiger partial charge is 0.462 e. The van der Waals surface area contributed by atoms with Gasteiger partial charge in [0.15, 0.2) is 6.10 Å². The number of phosphoric ester groups is 1. The van der Waals surface area contributed by atoms with E-state index >= 15 is 0 Å². The first kappa shape index (κ1) is 88.2. The zero-order valence-electron chi connectivity index (χ0n) is 59.8. The van der Waals surface area contributed by atoms with E-state index in [-0.39, 0.29) is 38.6 Å². The van der Waals surface area contributed by atoms with E-state index in [1.165, 1.54) is 276 Å². The summed E-state index contributed by atoms with van der Waals surface area (Å²) in [6.07, 6.45) is 103. The number of carbonyl (C=O) groups excluding carboxylic acids is 2. The minimum absolute atomic E-state index is 0.0527. The Labute approximate surface area is 564 Å². The van der Waals surface area contributed by atoms with Gasteiger partial charge in [0.25, 0.3) is 0 Å². The van der Waals surface area contributed by atoms with Crippen molar-refractivity contribution in [2.75, 3.05) is 26.4 Å². The second-order valence-electron chi connectivity index (χ2n) is 26.2. The van der Waals surface area contributed by atoms with E-state index in [0.717, 1.165) is 77.0 Å². The summed E-state index contributed by atoms with van der Waals surface area (Å²) in [7, 11) is -4.40. The maximum Gasteiger partial charge on any atom is 0.472 e. The van der Waals surface area contributed by atoms with E-state index in [0.29, 0.717) is 6.42 Å². The number of hydrogen-bond donors (Lipinski definition) is 2. The van der Waals surface area contributed by atoms with Crippen LogP contribution in [0.5, 0.6) is 0 Å². The predicted molar refractivity (Wildman–Crippen MR) is 395 cm³/mol. The van der Waals surface area contributed by atoms with Gasteiger partial charge in [0, 0.05) is 19.4 Å². The van der Waals surface area contributed by atoms with Crippen molar-refractivity contribution in [3.63, 3.8) is 0 Å². The van der Waals surface area contributed by atoms with Crippen LogP contribution >= 0.6 is 7.82 Å². The highest BCUT2D eigenvalue weighted by molar-refractivity contribution is 7.47. The minimum Gasteiger partial charge on any atom is -0.462 e. The molecule has 0 amide bonds. The van der Waals surface area contributed by atoms with Crippen LogP contribution in [0.1, 0.15) is 386 Å². The fraction of sp³-hybridized carbons (Fsp3) is 0.802. The first-order valence-corrected chi connectivity index (χ1v) is 40.6. The Bertz CT molecular complexity index is 1770. The second-order valence-corrected chi connectivity index (χ2v) is 27.7. The summed E-state index contributed by atoms with van der Waals surface area (Å²) in [6, 6.07) is 0. The summed E-state index contributed by atoms with van der Waals surface area (Å²) in [5.41, 5.74) is 5.41. The molecule has 0 rings (SSSR count). The topological polar surface area (TPSA) is 134 Å². The monoisotopic (exact) mass is 1290 g/mol. The molecule has 0 spiro atoms. The fourth-order valence-electron chi connectivity index (χ4n) is 11.5. The third-order valence-electron chi connectivity index (χ3n) is 17.3. The molecule has 0 radical (unpaired) electrons. The van der Waals surface area contributed by atoms with Gasteiger partial charge in [-0.15, -0.1) is 0 Å². The third-order valence-corrected chi connectivity index (χ3v) is 18.2. The molecule has 0 aromatic rings. The van der Waals surface area contributed by atoms with Crippen LogP contribution in [0, 0.1) is 0 Å². The summed E-state index contributed by atoms with van der Waals surface area (Å²) in [4.78, 5) is 35.4. The Kier molecular flexibility index (Phi) is 73.9. The van der Waals surface area contributed by atoms with Crippen LogP contribution in [0.15, 0.2) is 85.1 Å². The van der Waals surface area contributed by atoms with Crippen molar-refractivity contribution >= 4 is 19.8 Å². The molecule has 0 saturated carbocycles. The molecule has 0 fully saturated rings. The lowest BCUT2D eigenvalue weighted by Crippen LogP contribution is -2.29. The maximum atomic E-state index is 12.8. The number of carbonyl (C=O) groups is 2. The molecule has 3 N–H and O–H groups in total. The highest BCUT2D eigenvalue weighted by atomic mass is 31.2. The number of allylic oxidation sites excluding steroid dienone is 14. The molecule has 0 saturated heterocycles. The molecule has 0 heterocycles. The highest BCUT2D eigenvalue weighted by Gasteiger charge is 2.26. The summed E-state index contributed by atoms with van der Waals surface area (Å²) in [5.74, 6) is -0.812. The van der Waals surface area contributed by atoms with Gasteiger partial charge in [-0.1, -0.05) is 369 Å². The van der Waals surface area contributed by atoms with Crippen LogP contribution in [0.4, 0.5) is 0 Å². The van der Waals surface area contributed by atoms with E-state index in [9.17, 15) is 19.0 Å². The van der Waals surface area contributed by atoms with E-state index in [2.05, 4.69) is 98.9 Å². The molecular formula is C81H148NO8P. The van der Waals surface area contributed by atoms with Gasteiger partial charge in [-0.3, -0.25) is 18.6 Å². The summed E-state index contributed by atoms with van der Waals surface area (Å²) in [5, 5.41) is 0. The third kappa shape index (κ3) is 76.1. The Balaban J connectivity index is 3.79. The summed E-state index contributed by atoms with van der Waals surface area (Å²) in [6.45, 7) is 3.69. The fourth-order valence-corrected chi connectivity index (χ4v) is 12.3. The molecule has 2 atom stereocenters. The van der Waals surface area contributed by atoms with Crippen LogP contribution in [0.3, 0.4) is 0 Å². The second kappa shape index (κ2) is 76.2. The molecule has 91 heavy (non-hydrogen) atoms. The SMILES string of the molecule is CC/C=C\C/C=C\C/C=C\C/C=C\C/C=C\C/C=C\CCCCCCCCCCCCCCCCC(=O)OC(COC(=O)CCCCCCCCCCCCCCCCCCCCCCCCCCC/C=C\CCCCCCCCCC)COP(=O)(O)OCCN. The van der Waals surface area contributed by atoms with Gasteiger partial charge >= 0.3 is 19.8 Å². The van der Waals surface area contributed by atoms with Crippen molar-refractivity contribution in [1.29, 1.82) is 0 Å². The molecule has 0 aromatic carbocycles. The zero-order valence-corrected chi connectivity index (χ0v) is 60.7. The van der Waals surface area contributed by atoms with E-state index < -0.39 is 26.5 Å². The van der Waals surface area contributed by atoms with E-state index in [1.54, 1.807) is 0 Å². The van der Waals surface area contributed by atoms with Crippen LogP contribution in [0.2, 0.25) is 0 Å². The minimum atomic E-state index is -4.40. The van der Waals surface area contributed by atoms with E-state index in [4.69, 9.17) is 24.3 Å². The normalized spacial score (nSPS) is 13.3. The van der Waals surface area contributed by atoms with Gasteiger partial charge in [0.1, 0.15) is 6.61 Å². The zero-order chi connectivity index (χ0) is 65.8. The van der Waals surface area contributed by atoms with Crippen LogP contribution in [-0.2, 0) is 32.7 Å². The van der Waals surface area contributed by atoms with Crippen molar-refractivity contribution in [3.8, 4) is 0 Å². The Morgan fingerprint density at radius 3 is 0.912 bits per heavy atom. The van der Waals surface area contributed by atoms with E-state index in [1.807, 2.05) is 0 Å². The number of unbranched alkanes of at least 4 members (excludes halogenated alkanes) is 47. The molecule has 0 aliphatic rings. The Hall–Kier alpha value is -2.81. The van der Waals surface area contributed by atoms with Gasteiger partial charge in [-0.2, -0.15) is 0 Å². The molecule has 0 bridgehead atoms. The summed E-state index contributed by atoms with van der Waals surface area (Å²) < 4.78 is 33.3. The number of hydrogen-bond acceptors (Lipinski definition) is 8. The van der Waals surface area contributed by atoms with Gasteiger partial charge in [0.2, 0.25) is 0 Å². The molecule has 530 valence electrons. The lowest BCUT2D eigenvalue weighted by atomic mass is 10.0. The maximum absolute atomic E-state index is 12.8. The average Bonchev–Trinajstić information content (AvgIpc) is 3.74. The molecular weight excluding hydrogens is 1150 g/mol. The van der Waals surface area contributed by atoms with Crippen LogP contribution in [-0.4, -0.2) is 49.3 Å². The molecule has 2 unspecified atom stereocenters. The number of nitrogens with two attached hydrogens (primary N) is 1. The largest absolute Gasteiger partial charge is 0.472 e. The molecule has 0 aromatic heterocycles. The number of ether oxygens (including phenoxy) is 2. The molecule has 9 nitrogen and oxygen atoms in total. The van der Waals surface area contributed by atoms with Crippen molar-refractivity contribution < 1.29 is 37.6 Å².